The third kappa shape index (κ3) is 3.25. The molecule has 0 aliphatic carbocycles. The van der Waals surface area contributed by atoms with Crippen molar-refractivity contribution in [3.63, 3.8) is 0 Å². The molecule has 2 nitrogen and oxygen atoms in total. The maximum atomic E-state index is 13.7. The molecule has 2 rings (SSSR count). The molecular formula is C15H15ClFNO. The first-order chi connectivity index (χ1) is 9.11. The van der Waals surface area contributed by atoms with E-state index in [4.69, 9.17) is 22.1 Å². The van der Waals surface area contributed by atoms with Gasteiger partial charge in [-0.3, -0.25) is 0 Å². The van der Waals surface area contributed by atoms with Gasteiger partial charge >= 0.3 is 0 Å². The number of nitrogens with two attached hydrogens (primary N) is 1. The van der Waals surface area contributed by atoms with Gasteiger partial charge in [0.2, 0.25) is 0 Å². The monoisotopic (exact) mass is 279 g/mol. The van der Waals surface area contributed by atoms with Crippen LogP contribution in [0.2, 0.25) is 5.02 Å². The van der Waals surface area contributed by atoms with Crippen LogP contribution in [0.5, 0.6) is 11.5 Å². The quantitative estimate of drug-likeness (QED) is 0.915. The highest BCUT2D eigenvalue weighted by Crippen LogP contribution is 2.32. The molecule has 0 unspecified atom stereocenters. The molecule has 0 saturated heterocycles. The molecule has 100 valence electrons. The SMILES string of the molecule is Cc1ccc(F)c(Oc2cccc(Cl)c2CCN)c1. The van der Waals surface area contributed by atoms with E-state index in [0.29, 0.717) is 23.7 Å². The van der Waals surface area contributed by atoms with Gasteiger partial charge < -0.3 is 10.5 Å². The highest BCUT2D eigenvalue weighted by molar-refractivity contribution is 6.31. The average molecular weight is 280 g/mol. The zero-order valence-electron chi connectivity index (χ0n) is 10.6. The van der Waals surface area contributed by atoms with Crippen LogP contribution in [-0.4, -0.2) is 6.54 Å². The predicted molar refractivity (Wildman–Crippen MR) is 75.4 cm³/mol. The summed E-state index contributed by atoms with van der Waals surface area (Å²) in [5.41, 5.74) is 7.29. The Hall–Kier alpha value is -1.58. The van der Waals surface area contributed by atoms with Crippen molar-refractivity contribution in [2.45, 2.75) is 13.3 Å². The molecule has 2 aromatic carbocycles. The van der Waals surface area contributed by atoms with E-state index < -0.39 is 5.82 Å². The molecular weight excluding hydrogens is 265 g/mol. The number of halogens is 2. The van der Waals surface area contributed by atoms with Crippen molar-refractivity contribution in [2.24, 2.45) is 5.73 Å². The fourth-order valence-corrected chi connectivity index (χ4v) is 2.09. The van der Waals surface area contributed by atoms with Crippen LogP contribution in [0, 0.1) is 12.7 Å². The number of hydrogen-bond donors (Lipinski definition) is 1. The molecule has 0 saturated carbocycles. The number of benzene rings is 2. The summed E-state index contributed by atoms with van der Waals surface area (Å²) < 4.78 is 19.3. The van der Waals surface area contributed by atoms with Crippen molar-refractivity contribution in [3.8, 4) is 11.5 Å². The highest BCUT2D eigenvalue weighted by Gasteiger charge is 2.11. The molecule has 0 atom stereocenters. The number of hydrogen-bond acceptors (Lipinski definition) is 2. The minimum absolute atomic E-state index is 0.195. The summed E-state index contributed by atoms with van der Waals surface area (Å²) in [6, 6.07) is 10.0. The van der Waals surface area contributed by atoms with Crippen LogP contribution in [0.3, 0.4) is 0 Å². The Balaban J connectivity index is 2.37. The van der Waals surface area contributed by atoms with Crippen LogP contribution in [-0.2, 0) is 6.42 Å². The molecule has 2 N–H and O–H groups in total. The van der Waals surface area contributed by atoms with Crippen LogP contribution >= 0.6 is 11.6 Å². The zero-order valence-corrected chi connectivity index (χ0v) is 11.4. The fraction of sp³-hybridized carbons (Fsp3) is 0.200. The number of aryl methyl sites for hydroxylation is 1. The molecule has 0 aromatic heterocycles. The second-order valence-corrected chi connectivity index (χ2v) is 4.70. The lowest BCUT2D eigenvalue weighted by Gasteiger charge is -2.13. The summed E-state index contributed by atoms with van der Waals surface area (Å²) in [7, 11) is 0. The molecule has 4 heteroatoms. The summed E-state index contributed by atoms with van der Waals surface area (Å²) in [5.74, 6) is 0.340. The van der Waals surface area contributed by atoms with E-state index in [-0.39, 0.29) is 5.75 Å². The van der Waals surface area contributed by atoms with Crippen molar-refractivity contribution in [2.75, 3.05) is 6.54 Å². The van der Waals surface area contributed by atoms with Gasteiger partial charge in [-0.25, -0.2) is 4.39 Å². The Morgan fingerprint density at radius 1 is 1.21 bits per heavy atom. The molecule has 0 spiro atoms. The summed E-state index contributed by atoms with van der Waals surface area (Å²) in [6.45, 7) is 2.33. The third-order valence-electron chi connectivity index (χ3n) is 2.78. The van der Waals surface area contributed by atoms with E-state index in [1.807, 2.05) is 6.92 Å². The van der Waals surface area contributed by atoms with E-state index in [1.165, 1.54) is 6.07 Å². The molecule has 0 aliphatic rings. The van der Waals surface area contributed by atoms with Gasteiger partial charge in [-0.15, -0.1) is 0 Å². The van der Waals surface area contributed by atoms with E-state index in [1.54, 1.807) is 30.3 Å². The van der Waals surface area contributed by atoms with Crippen LogP contribution in [0.15, 0.2) is 36.4 Å². The second kappa shape index (κ2) is 6.04. The Kier molecular flexibility index (Phi) is 4.40. The van der Waals surface area contributed by atoms with Crippen molar-refractivity contribution >= 4 is 11.6 Å². The van der Waals surface area contributed by atoms with Gasteiger partial charge in [0.1, 0.15) is 5.75 Å². The Morgan fingerprint density at radius 2 is 2.00 bits per heavy atom. The van der Waals surface area contributed by atoms with E-state index >= 15 is 0 Å². The van der Waals surface area contributed by atoms with E-state index in [9.17, 15) is 4.39 Å². The predicted octanol–water partition coefficient (Wildman–Crippen LogP) is 4.08. The lowest BCUT2D eigenvalue weighted by atomic mass is 10.1. The first kappa shape index (κ1) is 13.8. The Labute approximate surface area is 117 Å². The van der Waals surface area contributed by atoms with Crippen LogP contribution in [0.1, 0.15) is 11.1 Å². The minimum atomic E-state index is -0.399. The lowest BCUT2D eigenvalue weighted by molar-refractivity contribution is 0.437. The summed E-state index contributed by atoms with van der Waals surface area (Å²) in [6.07, 6.45) is 0.586. The van der Waals surface area contributed by atoms with Gasteiger partial charge in [0.15, 0.2) is 11.6 Å². The topological polar surface area (TPSA) is 35.2 Å². The van der Waals surface area contributed by atoms with Crippen LogP contribution < -0.4 is 10.5 Å². The molecule has 0 bridgehead atoms. The molecule has 0 aliphatic heterocycles. The third-order valence-corrected chi connectivity index (χ3v) is 3.13. The maximum Gasteiger partial charge on any atom is 0.165 e. The van der Waals surface area contributed by atoms with E-state index in [0.717, 1.165) is 11.1 Å². The Morgan fingerprint density at radius 3 is 2.74 bits per heavy atom. The van der Waals surface area contributed by atoms with Gasteiger partial charge in [-0.2, -0.15) is 0 Å². The first-order valence-electron chi connectivity index (χ1n) is 6.03. The Bertz CT molecular complexity index is 586. The lowest BCUT2D eigenvalue weighted by Crippen LogP contribution is -2.05. The smallest absolute Gasteiger partial charge is 0.165 e. The van der Waals surface area contributed by atoms with Gasteiger partial charge in [-0.05, 0) is 49.7 Å². The standard InChI is InChI=1S/C15H15ClFNO/c1-10-5-6-13(17)15(9-10)19-14-4-2-3-12(16)11(14)7-8-18/h2-6,9H,7-8,18H2,1H3. The van der Waals surface area contributed by atoms with Crippen molar-refractivity contribution < 1.29 is 9.13 Å². The van der Waals surface area contributed by atoms with Gasteiger partial charge in [0.25, 0.3) is 0 Å². The van der Waals surface area contributed by atoms with Crippen molar-refractivity contribution in [3.05, 3.63) is 58.4 Å². The normalized spacial score (nSPS) is 10.5. The molecule has 0 fully saturated rings. The fourth-order valence-electron chi connectivity index (χ4n) is 1.83. The van der Waals surface area contributed by atoms with Crippen molar-refractivity contribution in [1.82, 2.24) is 0 Å². The molecule has 19 heavy (non-hydrogen) atoms. The number of rotatable bonds is 4. The van der Waals surface area contributed by atoms with Crippen molar-refractivity contribution in [1.29, 1.82) is 0 Å². The second-order valence-electron chi connectivity index (χ2n) is 4.29. The summed E-state index contributed by atoms with van der Waals surface area (Å²) in [5, 5.41) is 0.580. The largest absolute Gasteiger partial charge is 0.454 e. The van der Waals surface area contributed by atoms with E-state index in [2.05, 4.69) is 0 Å². The zero-order chi connectivity index (χ0) is 13.8. The summed E-state index contributed by atoms with van der Waals surface area (Å²) >= 11 is 6.12. The number of ether oxygens (including phenoxy) is 1. The molecule has 0 radical (unpaired) electrons. The van der Waals surface area contributed by atoms with Crippen LogP contribution in [0.25, 0.3) is 0 Å². The highest BCUT2D eigenvalue weighted by atomic mass is 35.5. The van der Waals surface area contributed by atoms with Gasteiger partial charge in [0, 0.05) is 10.6 Å². The molecule has 0 heterocycles. The first-order valence-corrected chi connectivity index (χ1v) is 6.41. The molecule has 0 amide bonds. The minimum Gasteiger partial charge on any atom is -0.454 e. The maximum absolute atomic E-state index is 13.7. The molecule has 2 aromatic rings. The van der Waals surface area contributed by atoms with Gasteiger partial charge in [0.05, 0.1) is 0 Å². The van der Waals surface area contributed by atoms with Gasteiger partial charge in [-0.1, -0.05) is 23.7 Å². The average Bonchev–Trinajstić information content (AvgIpc) is 2.38. The summed E-state index contributed by atoms with van der Waals surface area (Å²) in [4.78, 5) is 0. The van der Waals surface area contributed by atoms with Crippen LogP contribution in [0.4, 0.5) is 4.39 Å².